The van der Waals surface area contributed by atoms with Crippen LogP contribution in [0.15, 0.2) is 16.9 Å². The van der Waals surface area contributed by atoms with E-state index in [0.717, 1.165) is 19.3 Å². The first-order chi connectivity index (χ1) is 8.58. The van der Waals surface area contributed by atoms with E-state index in [2.05, 4.69) is 10.4 Å². The molecule has 5 nitrogen and oxygen atoms in total. The van der Waals surface area contributed by atoms with Gasteiger partial charge >= 0.3 is 0 Å². The monoisotopic (exact) mass is 251 g/mol. The van der Waals surface area contributed by atoms with E-state index in [1.807, 2.05) is 20.8 Å². The Morgan fingerprint density at radius 1 is 1.44 bits per heavy atom. The van der Waals surface area contributed by atoms with Crippen molar-refractivity contribution in [1.82, 2.24) is 15.1 Å². The van der Waals surface area contributed by atoms with E-state index >= 15 is 0 Å². The molecule has 0 unspecified atom stereocenters. The van der Waals surface area contributed by atoms with Crippen molar-refractivity contribution in [2.24, 2.45) is 0 Å². The minimum Gasteiger partial charge on any atom is -0.348 e. The Hall–Kier alpha value is -1.65. The highest BCUT2D eigenvalue weighted by atomic mass is 16.2. The quantitative estimate of drug-likeness (QED) is 0.834. The molecule has 18 heavy (non-hydrogen) atoms. The lowest BCUT2D eigenvalue weighted by Crippen LogP contribution is -2.34. The molecule has 100 valence electrons. The number of amides is 1. The number of nitrogens with zero attached hydrogens (tertiary/aromatic N) is 2. The van der Waals surface area contributed by atoms with Crippen LogP contribution in [0.2, 0.25) is 0 Å². The Morgan fingerprint density at radius 3 is 2.78 bits per heavy atom. The van der Waals surface area contributed by atoms with Crippen LogP contribution in [-0.4, -0.2) is 21.7 Å². The normalized spacial score (nSPS) is 12.2. The highest BCUT2D eigenvalue weighted by molar-refractivity contribution is 5.92. The van der Waals surface area contributed by atoms with Crippen LogP contribution < -0.4 is 10.9 Å². The molecule has 1 atom stereocenters. The molecule has 1 N–H and O–H groups in total. The van der Waals surface area contributed by atoms with Crippen LogP contribution in [0, 0.1) is 0 Å². The largest absolute Gasteiger partial charge is 0.348 e. The van der Waals surface area contributed by atoms with Gasteiger partial charge in [0, 0.05) is 18.7 Å². The third kappa shape index (κ3) is 3.98. The molecule has 0 fully saturated rings. The average Bonchev–Trinajstić information content (AvgIpc) is 2.37. The van der Waals surface area contributed by atoms with Crippen molar-refractivity contribution in [1.29, 1.82) is 0 Å². The number of aryl methyl sites for hydroxylation is 1. The average molecular weight is 251 g/mol. The molecule has 0 aliphatic rings. The Labute approximate surface area is 107 Å². The fourth-order valence-electron chi connectivity index (χ4n) is 1.44. The lowest BCUT2D eigenvalue weighted by atomic mass is 10.2. The third-order valence-electron chi connectivity index (χ3n) is 2.81. The summed E-state index contributed by atoms with van der Waals surface area (Å²) in [7, 11) is 0. The maximum atomic E-state index is 11.9. The van der Waals surface area contributed by atoms with Crippen LogP contribution in [0.25, 0.3) is 0 Å². The Balaban J connectivity index is 2.83. The maximum Gasteiger partial charge on any atom is 0.271 e. The molecule has 5 heteroatoms. The second-order valence-corrected chi connectivity index (χ2v) is 4.42. The molecule has 1 heterocycles. The van der Waals surface area contributed by atoms with Crippen molar-refractivity contribution >= 4 is 5.91 Å². The number of unbranched alkanes of at least 4 members (excludes halogenated alkanes) is 1. The maximum absolute atomic E-state index is 11.9. The first-order valence-corrected chi connectivity index (χ1v) is 6.47. The lowest BCUT2D eigenvalue weighted by molar-refractivity contribution is 0.0931. The van der Waals surface area contributed by atoms with Gasteiger partial charge in [0.1, 0.15) is 5.69 Å². The van der Waals surface area contributed by atoms with Crippen molar-refractivity contribution in [3.63, 3.8) is 0 Å². The van der Waals surface area contributed by atoms with E-state index in [9.17, 15) is 9.59 Å². The van der Waals surface area contributed by atoms with Crippen molar-refractivity contribution in [2.45, 2.75) is 52.6 Å². The molecular formula is C13H21N3O2. The van der Waals surface area contributed by atoms with Crippen molar-refractivity contribution in [3.8, 4) is 0 Å². The SMILES string of the molecule is CCCCn1nc(C(=O)N[C@@H](C)CC)ccc1=O. The minimum absolute atomic E-state index is 0.107. The van der Waals surface area contributed by atoms with E-state index in [1.54, 1.807) is 0 Å². The number of aromatic nitrogens is 2. The van der Waals surface area contributed by atoms with Gasteiger partial charge in [-0.05, 0) is 25.8 Å². The third-order valence-corrected chi connectivity index (χ3v) is 2.81. The van der Waals surface area contributed by atoms with Gasteiger partial charge < -0.3 is 5.32 Å². The summed E-state index contributed by atoms with van der Waals surface area (Å²) in [5, 5.41) is 6.92. The number of nitrogens with one attached hydrogen (secondary N) is 1. The van der Waals surface area contributed by atoms with Crippen LogP contribution in [0.5, 0.6) is 0 Å². The summed E-state index contributed by atoms with van der Waals surface area (Å²) < 4.78 is 1.36. The van der Waals surface area contributed by atoms with Crippen molar-refractivity contribution in [3.05, 3.63) is 28.2 Å². The first-order valence-electron chi connectivity index (χ1n) is 6.47. The lowest BCUT2D eigenvalue weighted by Gasteiger charge is -2.11. The number of hydrogen-bond acceptors (Lipinski definition) is 3. The molecule has 0 spiro atoms. The molecule has 0 aromatic carbocycles. The second-order valence-electron chi connectivity index (χ2n) is 4.42. The van der Waals surface area contributed by atoms with E-state index in [-0.39, 0.29) is 17.5 Å². The predicted octanol–water partition coefficient (Wildman–Crippen LogP) is 1.57. The Morgan fingerprint density at radius 2 is 2.17 bits per heavy atom. The van der Waals surface area contributed by atoms with Crippen LogP contribution in [-0.2, 0) is 6.54 Å². The van der Waals surface area contributed by atoms with Crippen LogP contribution in [0.4, 0.5) is 0 Å². The highest BCUT2D eigenvalue weighted by Gasteiger charge is 2.11. The van der Waals surface area contributed by atoms with E-state index in [1.165, 1.54) is 16.8 Å². The van der Waals surface area contributed by atoms with Crippen LogP contribution in [0.1, 0.15) is 50.5 Å². The smallest absolute Gasteiger partial charge is 0.271 e. The molecule has 1 amide bonds. The van der Waals surface area contributed by atoms with E-state index < -0.39 is 0 Å². The molecule has 0 aliphatic carbocycles. The van der Waals surface area contributed by atoms with Gasteiger partial charge in [-0.25, -0.2) is 4.68 Å². The fraction of sp³-hybridized carbons (Fsp3) is 0.615. The fourth-order valence-corrected chi connectivity index (χ4v) is 1.44. The van der Waals surface area contributed by atoms with Gasteiger partial charge in [-0.15, -0.1) is 0 Å². The summed E-state index contributed by atoms with van der Waals surface area (Å²) in [6, 6.07) is 2.98. The predicted molar refractivity (Wildman–Crippen MR) is 70.6 cm³/mol. The molecular weight excluding hydrogens is 230 g/mol. The zero-order chi connectivity index (χ0) is 13.5. The molecule has 1 rings (SSSR count). The van der Waals surface area contributed by atoms with Gasteiger partial charge in [0.2, 0.25) is 0 Å². The van der Waals surface area contributed by atoms with Gasteiger partial charge in [0.05, 0.1) is 0 Å². The molecule has 0 saturated carbocycles. The number of carbonyl (C=O) groups is 1. The van der Waals surface area contributed by atoms with E-state index in [0.29, 0.717) is 12.2 Å². The zero-order valence-electron chi connectivity index (χ0n) is 11.3. The standard InChI is InChI=1S/C13H21N3O2/c1-4-6-9-16-12(17)8-7-11(15-16)13(18)14-10(3)5-2/h7-8,10H,4-6,9H2,1-3H3,(H,14,18)/t10-/m0/s1. The van der Waals surface area contributed by atoms with Gasteiger partial charge in [-0.2, -0.15) is 5.10 Å². The van der Waals surface area contributed by atoms with Gasteiger partial charge in [0.15, 0.2) is 0 Å². The Bertz CT molecular complexity index is 454. The molecule has 0 aliphatic heterocycles. The van der Waals surface area contributed by atoms with E-state index in [4.69, 9.17) is 0 Å². The number of hydrogen-bond donors (Lipinski definition) is 1. The van der Waals surface area contributed by atoms with Gasteiger partial charge in [0.25, 0.3) is 11.5 Å². The summed E-state index contributed by atoms with van der Waals surface area (Å²) in [6.45, 7) is 6.54. The molecule has 1 aromatic heterocycles. The summed E-state index contributed by atoms with van der Waals surface area (Å²) in [5.41, 5.74) is 0.134. The summed E-state index contributed by atoms with van der Waals surface area (Å²) in [5.74, 6) is -0.227. The van der Waals surface area contributed by atoms with Gasteiger partial charge in [-0.1, -0.05) is 20.3 Å². The molecule has 0 saturated heterocycles. The second kappa shape index (κ2) is 6.93. The zero-order valence-corrected chi connectivity index (χ0v) is 11.3. The van der Waals surface area contributed by atoms with Crippen molar-refractivity contribution in [2.75, 3.05) is 0 Å². The summed E-state index contributed by atoms with van der Waals surface area (Å²) >= 11 is 0. The Kier molecular flexibility index (Phi) is 5.55. The summed E-state index contributed by atoms with van der Waals surface area (Å²) in [6.07, 6.45) is 2.72. The van der Waals surface area contributed by atoms with Crippen LogP contribution >= 0.6 is 0 Å². The molecule has 0 bridgehead atoms. The first kappa shape index (κ1) is 14.4. The van der Waals surface area contributed by atoms with Gasteiger partial charge in [-0.3, -0.25) is 9.59 Å². The molecule has 0 radical (unpaired) electrons. The number of carbonyl (C=O) groups excluding carboxylic acids is 1. The molecule has 1 aromatic rings. The summed E-state index contributed by atoms with van der Waals surface area (Å²) in [4.78, 5) is 23.4. The number of rotatable bonds is 6. The topological polar surface area (TPSA) is 64.0 Å². The highest BCUT2D eigenvalue weighted by Crippen LogP contribution is 1.96. The van der Waals surface area contributed by atoms with Crippen molar-refractivity contribution < 1.29 is 4.79 Å². The van der Waals surface area contributed by atoms with Crippen LogP contribution in [0.3, 0.4) is 0 Å². The minimum atomic E-state index is -0.227.